The second-order valence-electron chi connectivity index (χ2n) is 3.65. The number of quaternary nitrogens is 1. The van der Waals surface area contributed by atoms with E-state index >= 15 is 0 Å². The van der Waals surface area contributed by atoms with Crippen LogP contribution in [-0.2, 0) is 10.1 Å². The van der Waals surface area contributed by atoms with Crippen LogP contribution in [0.5, 0.6) is 0 Å². The highest BCUT2D eigenvalue weighted by molar-refractivity contribution is 7.85. The first-order valence-electron chi connectivity index (χ1n) is 5.19. The molecule has 0 saturated heterocycles. The summed E-state index contributed by atoms with van der Waals surface area (Å²) in [6.45, 7) is 10.2. The van der Waals surface area contributed by atoms with Crippen molar-refractivity contribution in [3.63, 3.8) is 0 Å². The Balaban J connectivity index is 4.08. The Bertz CT molecular complexity index is 237. The average Bonchev–Trinajstić information content (AvgIpc) is 2.11. The smallest absolute Gasteiger partial charge is 0.265 e. The van der Waals surface area contributed by atoms with Crippen LogP contribution in [0.3, 0.4) is 0 Å². The summed E-state index contributed by atoms with van der Waals surface area (Å²) in [6, 6.07) is 0. The molecule has 0 atom stereocenters. The monoisotopic (exact) mass is 224 g/mol. The van der Waals surface area contributed by atoms with E-state index in [0.717, 1.165) is 30.7 Å². The Morgan fingerprint density at radius 1 is 1.07 bits per heavy atom. The highest BCUT2D eigenvalue weighted by Gasteiger charge is 2.20. The molecular weight excluding hydrogens is 202 g/mol. The van der Waals surface area contributed by atoms with Crippen molar-refractivity contribution in [3.8, 4) is 0 Å². The second kappa shape index (κ2) is 5.68. The van der Waals surface area contributed by atoms with E-state index in [1.807, 2.05) is 0 Å². The molecule has 5 heteroatoms. The molecule has 0 aliphatic rings. The molecule has 0 amide bonds. The Kier molecular flexibility index (Phi) is 5.63. The van der Waals surface area contributed by atoms with Crippen LogP contribution in [-0.4, -0.2) is 49.4 Å². The second-order valence-corrected chi connectivity index (χ2v) is 5.23. The summed E-state index contributed by atoms with van der Waals surface area (Å²) in [4.78, 5) is 0. The fourth-order valence-corrected chi connectivity index (χ4v) is 2.22. The molecule has 0 spiro atoms. The minimum Gasteiger partial charge on any atom is -0.324 e. The van der Waals surface area contributed by atoms with Crippen LogP contribution in [0.2, 0.25) is 0 Å². The maximum absolute atomic E-state index is 10.5. The van der Waals surface area contributed by atoms with Gasteiger partial charge in [0.15, 0.2) is 0 Å². The predicted octanol–water partition coefficient (Wildman–Crippen LogP) is 1.14. The normalized spacial score (nSPS) is 13.1. The van der Waals surface area contributed by atoms with Crippen LogP contribution in [0.4, 0.5) is 0 Å². The summed E-state index contributed by atoms with van der Waals surface area (Å²) in [7, 11) is -3.78. The van der Waals surface area contributed by atoms with Crippen molar-refractivity contribution in [3.05, 3.63) is 0 Å². The lowest BCUT2D eigenvalue weighted by Crippen LogP contribution is -2.48. The van der Waals surface area contributed by atoms with Crippen molar-refractivity contribution in [2.45, 2.75) is 27.2 Å². The summed E-state index contributed by atoms with van der Waals surface area (Å²) < 4.78 is 30.6. The molecule has 0 aliphatic heterocycles. The van der Waals surface area contributed by atoms with Gasteiger partial charge in [-0.15, -0.1) is 0 Å². The predicted molar refractivity (Wildman–Crippen MR) is 57.8 cm³/mol. The van der Waals surface area contributed by atoms with Crippen molar-refractivity contribution in [1.82, 2.24) is 0 Å². The molecule has 0 aliphatic carbocycles. The third kappa shape index (κ3) is 4.93. The van der Waals surface area contributed by atoms with Gasteiger partial charge >= 0.3 is 0 Å². The largest absolute Gasteiger partial charge is 0.324 e. The van der Waals surface area contributed by atoms with Crippen molar-refractivity contribution in [2.75, 3.05) is 31.9 Å². The van der Waals surface area contributed by atoms with Gasteiger partial charge in [0.05, 0.1) is 31.9 Å². The van der Waals surface area contributed by atoms with Crippen LogP contribution in [0.1, 0.15) is 27.2 Å². The first-order chi connectivity index (χ1) is 6.39. The number of nitrogens with zero attached hydrogens (tertiary/aromatic N) is 1. The molecule has 0 heterocycles. The van der Waals surface area contributed by atoms with E-state index in [0.29, 0.717) is 6.42 Å². The lowest BCUT2D eigenvalue weighted by atomic mass is 10.3. The molecule has 0 rings (SSSR count). The molecule has 86 valence electrons. The van der Waals surface area contributed by atoms with Gasteiger partial charge in [0.1, 0.15) is 0 Å². The molecule has 0 unspecified atom stereocenters. The molecule has 0 radical (unpaired) electrons. The van der Waals surface area contributed by atoms with Crippen LogP contribution in [0.25, 0.3) is 0 Å². The van der Waals surface area contributed by atoms with Crippen molar-refractivity contribution < 1.29 is 17.5 Å². The van der Waals surface area contributed by atoms with Crippen LogP contribution in [0.15, 0.2) is 0 Å². The first-order valence-corrected chi connectivity index (χ1v) is 6.80. The Hall–Kier alpha value is -0.130. The number of hydrogen-bond donors (Lipinski definition) is 1. The lowest BCUT2D eigenvalue weighted by molar-refractivity contribution is -0.923. The third-order valence-electron chi connectivity index (χ3n) is 3.05. The van der Waals surface area contributed by atoms with Gasteiger partial charge in [-0.05, 0) is 20.8 Å². The molecule has 14 heavy (non-hydrogen) atoms. The average molecular weight is 224 g/mol. The van der Waals surface area contributed by atoms with Gasteiger partial charge < -0.3 is 4.48 Å². The van der Waals surface area contributed by atoms with Gasteiger partial charge in [-0.2, -0.15) is 8.42 Å². The number of rotatable bonds is 7. The molecule has 0 bridgehead atoms. The first kappa shape index (κ1) is 13.9. The van der Waals surface area contributed by atoms with Crippen LogP contribution < -0.4 is 0 Å². The molecule has 4 nitrogen and oxygen atoms in total. The quantitative estimate of drug-likeness (QED) is 0.521. The summed E-state index contributed by atoms with van der Waals surface area (Å²) in [5, 5.41) is 0. The van der Waals surface area contributed by atoms with Crippen LogP contribution in [0, 0.1) is 0 Å². The van der Waals surface area contributed by atoms with E-state index in [4.69, 9.17) is 4.55 Å². The minimum atomic E-state index is -3.78. The Labute approximate surface area is 87.3 Å². The maximum Gasteiger partial charge on any atom is 0.265 e. The van der Waals surface area contributed by atoms with Gasteiger partial charge in [-0.25, -0.2) is 0 Å². The summed E-state index contributed by atoms with van der Waals surface area (Å²) in [6.07, 6.45) is 0.536. The van der Waals surface area contributed by atoms with Gasteiger partial charge in [0.2, 0.25) is 0 Å². The lowest BCUT2D eigenvalue weighted by Gasteiger charge is -2.35. The van der Waals surface area contributed by atoms with Gasteiger partial charge in [0, 0.05) is 6.42 Å². The fourth-order valence-electron chi connectivity index (χ4n) is 1.73. The van der Waals surface area contributed by atoms with E-state index < -0.39 is 10.1 Å². The Morgan fingerprint density at radius 2 is 1.50 bits per heavy atom. The van der Waals surface area contributed by atoms with E-state index in [-0.39, 0.29) is 5.75 Å². The minimum absolute atomic E-state index is 0.118. The van der Waals surface area contributed by atoms with Crippen molar-refractivity contribution >= 4 is 10.1 Å². The van der Waals surface area contributed by atoms with E-state index in [9.17, 15) is 8.42 Å². The highest BCUT2D eigenvalue weighted by atomic mass is 32.2. The van der Waals surface area contributed by atoms with Crippen molar-refractivity contribution in [2.24, 2.45) is 0 Å². The summed E-state index contributed by atoms with van der Waals surface area (Å²) in [5.41, 5.74) is 0. The molecule has 0 aromatic heterocycles. The fraction of sp³-hybridized carbons (Fsp3) is 1.00. The Morgan fingerprint density at radius 3 is 1.79 bits per heavy atom. The molecular formula is C9H22NO3S+. The van der Waals surface area contributed by atoms with Gasteiger partial charge in [-0.3, -0.25) is 4.55 Å². The van der Waals surface area contributed by atoms with E-state index in [1.165, 1.54) is 0 Å². The molecule has 0 aromatic rings. The SMILES string of the molecule is CC[N+](CC)(CC)CCCS(=O)(=O)O. The molecule has 0 saturated carbocycles. The zero-order valence-electron chi connectivity index (χ0n) is 9.36. The van der Waals surface area contributed by atoms with Gasteiger partial charge in [0.25, 0.3) is 10.1 Å². The standard InChI is InChI=1S/C9H21NO3S/c1-4-10(5-2,6-3)8-7-9-14(11,12)13/h4-9H2,1-3H3/p+1. The zero-order valence-corrected chi connectivity index (χ0v) is 10.2. The number of hydrogen-bond acceptors (Lipinski definition) is 2. The highest BCUT2D eigenvalue weighted by Crippen LogP contribution is 2.07. The molecule has 0 fully saturated rings. The zero-order chi connectivity index (χ0) is 11.2. The topological polar surface area (TPSA) is 54.4 Å². The van der Waals surface area contributed by atoms with E-state index in [2.05, 4.69) is 20.8 Å². The van der Waals surface area contributed by atoms with Crippen molar-refractivity contribution in [1.29, 1.82) is 0 Å². The molecule has 1 N–H and O–H groups in total. The van der Waals surface area contributed by atoms with E-state index in [1.54, 1.807) is 0 Å². The van der Waals surface area contributed by atoms with Gasteiger partial charge in [-0.1, -0.05) is 0 Å². The maximum atomic E-state index is 10.5. The molecule has 0 aromatic carbocycles. The summed E-state index contributed by atoms with van der Waals surface area (Å²) >= 11 is 0. The summed E-state index contributed by atoms with van der Waals surface area (Å²) in [5.74, 6) is -0.118. The van der Waals surface area contributed by atoms with Crippen LogP contribution >= 0.6 is 0 Å². The third-order valence-corrected chi connectivity index (χ3v) is 3.85.